The monoisotopic (exact) mass is 386 g/mol. The van der Waals surface area contributed by atoms with Gasteiger partial charge in [-0.3, -0.25) is 9.69 Å². The molecule has 0 bridgehead atoms. The average Bonchev–Trinajstić information content (AvgIpc) is 2.90. The van der Waals surface area contributed by atoms with Crippen LogP contribution < -0.4 is 0 Å². The summed E-state index contributed by atoms with van der Waals surface area (Å²) < 4.78 is 0. The van der Waals surface area contributed by atoms with Gasteiger partial charge in [0.2, 0.25) is 0 Å². The number of hydrogen-bond donors (Lipinski definition) is 1. The Morgan fingerprint density at radius 1 is 1.27 bits per heavy atom. The van der Waals surface area contributed by atoms with Crippen molar-refractivity contribution in [3.63, 3.8) is 0 Å². The van der Waals surface area contributed by atoms with E-state index >= 15 is 0 Å². The molecule has 1 aliphatic heterocycles. The van der Waals surface area contributed by atoms with Crippen LogP contribution in [0.3, 0.4) is 0 Å². The third kappa shape index (κ3) is 3.98. The summed E-state index contributed by atoms with van der Waals surface area (Å²) in [4.78, 5) is 30.2. The number of amides is 1. The average molecular weight is 387 g/mol. The number of rotatable bonds is 4. The van der Waals surface area contributed by atoms with Crippen LogP contribution in [0.1, 0.15) is 22.8 Å². The second-order valence-electron chi connectivity index (χ2n) is 5.46. The Hall–Kier alpha value is -2.57. The number of carbonyl (C=O) groups excluding carboxylic acids is 1. The molecule has 2 aromatic rings. The fourth-order valence-corrected chi connectivity index (χ4v) is 3.67. The minimum absolute atomic E-state index is 0.113. The number of carboxylic acid groups (broad SMARTS) is 1. The second kappa shape index (κ2) is 7.76. The van der Waals surface area contributed by atoms with Gasteiger partial charge in [-0.2, -0.15) is 0 Å². The molecule has 0 radical (unpaired) electrons. The van der Waals surface area contributed by atoms with Crippen molar-refractivity contribution >= 4 is 52.2 Å². The number of benzene rings is 2. The first kappa shape index (κ1) is 18.2. The summed E-state index contributed by atoms with van der Waals surface area (Å²) in [5.74, 6) is -1.10. The normalized spacial score (nSPS) is 17.3. The lowest BCUT2D eigenvalue weighted by molar-refractivity contribution is -0.122. The van der Waals surface area contributed by atoms with Gasteiger partial charge in [-0.05, 0) is 66.7 Å². The Kier molecular flexibility index (Phi) is 5.44. The Morgan fingerprint density at radius 3 is 2.62 bits per heavy atom. The van der Waals surface area contributed by atoms with Gasteiger partial charge in [0.25, 0.3) is 5.91 Å². The maximum Gasteiger partial charge on any atom is 0.335 e. The number of aromatic carboxylic acids is 1. The second-order valence-corrected chi connectivity index (χ2v) is 6.91. The molecule has 2 aromatic carbocycles. The van der Waals surface area contributed by atoms with Gasteiger partial charge in [0.15, 0.2) is 5.17 Å². The standard InChI is InChI=1S/C19H15ClN2O3S/c1-2-22-17(23)16(11-12-4-3-5-14(20)10-12)26-19(22)21-15-8-6-13(7-9-15)18(24)25/h3-11H,2H2,1H3,(H,24,25)/b16-11-,21-19?. The largest absolute Gasteiger partial charge is 0.478 e. The van der Waals surface area contributed by atoms with Crippen molar-refractivity contribution in [1.82, 2.24) is 4.90 Å². The van der Waals surface area contributed by atoms with Crippen LogP contribution in [0.4, 0.5) is 5.69 Å². The summed E-state index contributed by atoms with van der Waals surface area (Å²) in [5.41, 5.74) is 1.63. The first-order valence-corrected chi connectivity index (χ1v) is 9.06. The lowest BCUT2D eigenvalue weighted by Gasteiger charge is -2.12. The molecule has 7 heteroatoms. The fraction of sp³-hybridized carbons (Fsp3) is 0.105. The minimum atomic E-state index is -0.989. The highest BCUT2D eigenvalue weighted by atomic mass is 35.5. The molecule has 132 valence electrons. The van der Waals surface area contributed by atoms with Crippen LogP contribution >= 0.6 is 23.4 Å². The molecule has 1 saturated heterocycles. The molecule has 26 heavy (non-hydrogen) atoms. The molecule has 0 aromatic heterocycles. The zero-order valence-corrected chi connectivity index (χ0v) is 15.4. The van der Waals surface area contributed by atoms with Crippen molar-refractivity contribution in [2.75, 3.05) is 6.54 Å². The summed E-state index contributed by atoms with van der Waals surface area (Å²) >= 11 is 7.28. The smallest absolute Gasteiger partial charge is 0.335 e. The van der Waals surface area contributed by atoms with E-state index in [-0.39, 0.29) is 11.5 Å². The summed E-state index contributed by atoms with van der Waals surface area (Å²) in [7, 11) is 0. The molecule has 1 fully saturated rings. The number of hydrogen-bond acceptors (Lipinski definition) is 4. The van der Waals surface area contributed by atoms with Crippen molar-refractivity contribution in [1.29, 1.82) is 0 Å². The number of thioether (sulfide) groups is 1. The first-order chi connectivity index (χ1) is 12.5. The van der Waals surface area contributed by atoms with Crippen LogP contribution in [0.15, 0.2) is 58.4 Å². The van der Waals surface area contributed by atoms with Gasteiger partial charge in [-0.15, -0.1) is 0 Å². The maximum absolute atomic E-state index is 12.6. The SMILES string of the molecule is CCN1C(=O)/C(=C/c2cccc(Cl)c2)SC1=Nc1ccc(C(=O)O)cc1. The Balaban J connectivity index is 1.90. The first-order valence-electron chi connectivity index (χ1n) is 7.87. The highest BCUT2D eigenvalue weighted by Crippen LogP contribution is 2.34. The van der Waals surface area contributed by atoms with E-state index < -0.39 is 5.97 Å². The van der Waals surface area contributed by atoms with Crippen LogP contribution in [0.25, 0.3) is 6.08 Å². The predicted octanol–water partition coefficient (Wildman–Crippen LogP) is 4.66. The molecule has 3 rings (SSSR count). The van der Waals surface area contributed by atoms with Gasteiger partial charge >= 0.3 is 5.97 Å². The molecule has 5 nitrogen and oxygen atoms in total. The van der Waals surface area contributed by atoms with Gasteiger partial charge in [0.05, 0.1) is 16.2 Å². The van der Waals surface area contributed by atoms with Crippen LogP contribution in [0.5, 0.6) is 0 Å². The summed E-state index contributed by atoms with van der Waals surface area (Å²) in [6.45, 7) is 2.37. The van der Waals surface area contributed by atoms with Crippen molar-refractivity contribution in [2.45, 2.75) is 6.92 Å². The molecule has 0 aliphatic carbocycles. The molecule has 1 amide bonds. The van der Waals surface area contributed by atoms with Crippen LogP contribution in [-0.4, -0.2) is 33.6 Å². The number of aliphatic imine (C=N–C) groups is 1. The molecule has 0 atom stereocenters. The zero-order valence-electron chi connectivity index (χ0n) is 13.8. The van der Waals surface area contributed by atoms with Gasteiger partial charge in [-0.25, -0.2) is 9.79 Å². The highest BCUT2D eigenvalue weighted by Gasteiger charge is 2.32. The molecular formula is C19H15ClN2O3S. The quantitative estimate of drug-likeness (QED) is 0.775. The third-order valence-electron chi connectivity index (χ3n) is 3.69. The molecule has 1 N–H and O–H groups in total. The van der Waals surface area contributed by atoms with Gasteiger partial charge in [0.1, 0.15) is 0 Å². The van der Waals surface area contributed by atoms with E-state index in [1.165, 1.54) is 23.9 Å². The van der Waals surface area contributed by atoms with E-state index in [1.807, 2.05) is 19.1 Å². The zero-order chi connectivity index (χ0) is 18.7. The number of carbonyl (C=O) groups is 2. The Labute approximate surface area is 160 Å². The number of carboxylic acids is 1. The molecule has 0 unspecified atom stereocenters. The van der Waals surface area contributed by atoms with Crippen LogP contribution in [-0.2, 0) is 4.79 Å². The van der Waals surface area contributed by atoms with E-state index in [2.05, 4.69) is 4.99 Å². The van der Waals surface area contributed by atoms with Crippen molar-refractivity contribution in [2.24, 2.45) is 4.99 Å². The summed E-state index contributed by atoms with van der Waals surface area (Å²) in [5, 5.41) is 10.1. The molecule has 1 aliphatic rings. The molecule has 1 heterocycles. The van der Waals surface area contributed by atoms with Crippen LogP contribution in [0, 0.1) is 0 Å². The van der Waals surface area contributed by atoms with E-state index in [0.29, 0.717) is 27.3 Å². The third-order valence-corrected chi connectivity index (χ3v) is 4.93. The van der Waals surface area contributed by atoms with E-state index in [4.69, 9.17) is 16.7 Å². The van der Waals surface area contributed by atoms with E-state index in [9.17, 15) is 9.59 Å². The van der Waals surface area contributed by atoms with E-state index in [1.54, 1.807) is 35.2 Å². The number of amidine groups is 1. The van der Waals surface area contributed by atoms with Crippen molar-refractivity contribution in [3.8, 4) is 0 Å². The van der Waals surface area contributed by atoms with Crippen molar-refractivity contribution < 1.29 is 14.7 Å². The molecular weight excluding hydrogens is 372 g/mol. The summed E-state index contributed by atoms with van der Waals surface area (Å²) in [6.07, 6.45) is 1.79. The number of nitrogens with zero attached hydrogens (tertiary/aromatic N) is 2. The Bertz CT molecular complexity index is 923. The molecule has 0 saturated carbocycles. The number of halogens is 1. The minimum Gasteiger partial charge on any atom is -0.478 e. The Morgan fingerprint density at radius 2 is 2.00 bits per heavy atom. The lowest BCUT2D eigenvalue weighted by Crippen LogP contribution is -2.28. The summed E-state index contributed by atoms with van der Waals surface area (Å²) in [6, 6.07) is 13.5. The van der Waals surface area contributed by atoms with Crippen molar-refractivity contribution in [3.05, 3.63) is 69.6 Å². The van der Waals surface area contributed by atoms with E-state index in [0.717, 1.165) is 5.56 Å². The predicted molar refractivity (Wildman–Crippen MR) is 105 cm³/mol. The highest BCUT2D eigenvalue weighted by molar-refractivity contribution is 8.18. The van der Waals surface area contributed by atoms with Gasteiger partial charge in [0, 0.05) is 11.6 Å². The fourth-order valence-electron chi connectivity index (χ4n) is 2.41. The lowest BCUT2D eigenvalue weighted by atomic mass is 10.2. The maximum atomic E-state index is 12.6. The number of likely N-dealkylation sites (N-methyl/N-ethyl adjacent to an activating group) is 1. The van der Waals surface area contributed by atoms with Crippen LogP contribution in [0.2, 0.25) is 5.02 Å². The van der Waals surface area contributed by atoms with Gasteiger partial charge < -0.3 is 5.11 Å². The topological polar surface area (TPSA) is 70.0 Å². The molecule has 0 spiro atoms. The van der Waals surface area contributed by atoms with Gasteiger partial charge in [-0.1, -0.05) is 23.7 Å².